The summed E-state index contributed by atoms with van der Waals surface area (Å²) < 4.78 is 40.1. The molecule has 0 unspecified atom stereocenters. The van der Waals surface area contributed by atoms with Crippen LogP contribution in [0.2, 0.25) is 0 Å². The standard InChI is InChI=1S/C19H23F2N3O3/c1-22-19(23-11-13-5-4-6-15(9-13)25-2)24-12-14-10-16(26-3)7-8-17(14)27-18(20)21/h4-10,18H,11-12H2,1-3H3,(H2,22,23,24). The normalized spacial score (nSPS) is 11.3. The van der Waals surface area contributed by atoms with Gasteiger partial charge in [-0.15, -0.1) is 0 Å². The van der Waals surface area contributed by atoms with Gasteiger partial charge in [-0.1, -0.05) is 12.1 Å². The number of benzene rings is 2. The summed E-state index contributed by atoms with van der Waals surface area (Å²) in [5.41, 5.74) is 1.54. The number of hydrogen-bond donors (Lipinski definition) is 2. The molecule has 0 atom stereocenters. The number of guanidine groups is 1. The van der Waals surface area contributed by atoms with E-state index in [1.54, 1.807) is 26.3 Å². The lowest BCUT2D eigenvalue weighted by molar-refractivity contribution is -0.0504. The van der Waals surface area contributed by atoms with Crippen LogP contribution in [0.15, 0.2) is 47.5 Å². The molecule has 146 valence electrons. The quantitative estimate of drug-likeness (QED) is 0.545. The minimum atomic E-state index is -2.90. The molecule has 0 heterocycles. The van der Waals surface area contributed by atoms with E-state index in [1.165, 1.54) is 13.2 Å². The van der Waals surface area contributed by atoms with Crippen LogP contribution in [0, 0.1) is 0 Å². The molecule has 0 radical (unpaired) electrons. The third kappa shape index (κ3) is 6.32. The van der Waals surface area contributed by atoms with Crippen LogP contribution in [0.25, 0.3) is 0 Å². The van der Waals surface area contributed by atoms with Crippen molar-refractivity contribution in [2.24, 2.45) is 4.99 Å². The summed E-state index contributed by atoms with van der Waals surface area (Å²) in [6, 6.07) is 12.3. The molecule has 0 spiro atoms. The first kappa shape index (κ1) is 20.3. The fraction of sp³-hybridized carbons (Fsp3) is 0.316. The Morgan fingerprint density at radius 3 is 2.37 bits per heavy atom. The third-order valence-corrected chi connectivity index (χ3v) is 3.75. The van der Waals surface area contributed by atoms with Gasteiger partial charge in [0.2, 0.25) is 0 Å². The number of halogens is 2. The molecule has 27 heavy (non-hydrogen) atoms. The summed E-state index contributed by atoms with van der Waals surface area (Å²) in [6.45, 7) is -2.14. The highest BCUT2D eigenvalue weighted by Gasteiger charge is 2.11. The molecular weight excluding hydrogens is 356 g/mol. The second-order valence-corrected chi connectivity index (χ2v) is 5.48. The maximum atomic E-state index is 12.6. The van der Waals surface area contributed by atoms with E-state index in [0.717, 1.165) is 11.3 Å². The number of alkyl halides is 2. The summed E-state index contributed by atoms with van der Waals surface area (Å²) in [4.78, 5) is 4.14. The van der Waals surface area contributed by atoms with Gasteiger partial charge < -0.3 is 24.8 Å². The first-order valence-electron chi connectivity index (χ1n) is 8.25. The predicted molar refractivity (Wildman–Crippen MR) is 99.7 cm³/mol. The summed E-state index contributed by atoms with van der Waals surface area (Å²) in [5, 5.41) is 6.24. The molecule has 2 aromatic rings. The van der Waals surface area contributed by atoms with Crippen LogP contribution >= 0.6 is 0 Å². The van der Waals surface area contributed by atoms with Crippen molar-refractivity contribution in [3.63, 3.8) is 0 Å². The average molecular weight is 379 g/mol. The molecule has 2 N–H and O–H groups in total. The average Bonchev–Trinajstić information content (AvgIpc) is 2.68. The lowest BCUT2D eigenvalue weighted by Crippen LogP contribution is -2.36. The number of ether oxygens (including phenoxy) is 3. The van der Waals surface area contributed by atoms with Gasteiger partial charge in [-0.2, -0.15) is 8.78 Å². The molecule has 6 nitrogen and oxygen atoms in total. The molecule has 0 saturated heterocycles. The third-order valence-electron chi connectivity index (χ3n) is 3.75. The van der Waals surface area contributed by atoms with E-state index in [9.17, 15) is 8.78 Å². The highest BCUT2D eigenvalue weighted by molar-refractivity contribution is 5.79. The van der Waals surface area contributed by atoms with Gasteiger partial charge in [0.25, 0.3) is 0 Å². The highest BCUT2D eigenvalue weighted by atomic mass is 19.3. The zero-order valence-corrected chi connectivity index (χ0v) is 15.5. The van der Waals surface area contributed by atoms with Crippen molar-refractivity contribution in [1.82, 2.24) is 10.6 Å². The monoisotopic (exact) mass is 379 g/mol. The number of nitrogens with zero attached hydrogens (tertiary/aromatic N) is 1. The van der Waals surface area contributed by atoms with Crippen LogP contribution < -0.4 is 24.8 Å². The maximum absolute atomic E-state index is 12.6. The Labute approximate surface area is 157 Å². The molecule has 0 aliphatic heterocycles. The van der Waals surface area contributed by atoms with Crippen molar-refractivity contribution in [3.05, 3.63) is 53.6 Å². The molecule has 8 heteroatoms. The van der Waals surface area contributed by atoms with Crippen molar-refractivity contribution in [2.45, 2.75) is 19.7 Å². The van der Waals surface area contributed by atoms with Crippen LogP contribution in [0.3, 0.4) is 0 Å². The number of methoxy groups -OCH3 is 2. The lowest BCUT2D eigenvalue weighted by Gasteiger charge is -2.15. The number of hydrogen-bond acceptors (Lipinski definition) is 4. The van der Waals surface area contributed by atoms with E-state index >= 15 is 0 Å². The zero-order chi connectivity index (χ0) is 19.6. The largest absolute Gasteiger partial charge is 0.497 e. The van der Waals surface area contributed by atoms with Crippen molar-refractivity contribution in [1.29, 1.82) is 0 Å². The second-order valence-electron chi connectivity index (χ2n) is 5.48. The van der Waals surface area contributed by atoms with Crippen molar-refractivity contribution < 1.29 is 23.0 Å². The molecule has 0 bridgehead atoms. The summed E-state index contributed by atoms with van der Waals surface area (Å²) >= 11 is 0. The summed E-state index contributed by atoms with van der Waals surface area (Å²) in [5.74, 6) is 1.92. The molecule has 0 amide bonds. The molecular formula is C19H23F2N3O3. The van der Waals surface area contributed by atoms with E-state index in [2.05, 4.69) is 20.4 Å². The van der Waals surface area contributed by atoms with Gasteiger partial charge in [-0.3, -0.25) is 4.99 Å². The van der Waals surface area contributed by atoms with Crippen LogP contribution in [-0.4, -0.2) is 33.8 Å². The Kier molecular flexibility index (Phi) is 7.66. The molecule has 0 aliphatic rings. The SMILES string of the molecule is CN=C(NCc1cccc(OC)c1)NCc1cc(OC)ccc1OC(F)F. The van der Waals surface area contributed by atoms with Gasteiger partial charge in [-0.05, 0) is 35.9 Å². The first-order chi connectivity index (χ1) is 13.0. The van der Waals surface area contributed by atoms with Gasteiger partial charge >= 0.3 is 6.61 Å². The fourth-order valence-electron chi connectivity index (χ4n) is 2.40. The minimum absolute atomic E-state index is 0.0848. The Balaban J connectivity index is 2.00. The maximum Gasteiger partial charge on any atom is 0.387 e. The van der Waals surface area contributed by atoms with E-state index in [1.807, 2.05) is 24.3 Å². The van der Waals surface area contributed by atoms with E-state index in [-0.39, 0.29) is 12.3 Å². The van der Waals surface area contributed by atoms with Crippen LogP contribution in [-0.2, 0) is 13.1 Å². The van der Waals surface area contributed by atoms with Gasteiger partial charge in [-0.25, -0.2) is 0 Å². The van der Waals surface area contributed by atoms with Gasteiger partial charge in [0.1, 0.15) is 17.2 Å². The van der Waals surface area contributed by atoms with Crippen molar-refractivity contribution in [2.75, 3.05) is 21.3 Å². The number of rotatable bonds is 8. The Morgan fingerprint density at radius 2 is 1.70 bits per heavy atom. The topological polar surface area (TPSA) is 64.1 Å². The Bertz CT molecular complexity index is 770. The van der Waals surface area contributed by atoms with E-state index < -0.39 is 6.61 Å². The molecule has 0 aliphatic carbocycles. The molecule has 2 aromatic carbocycles. The lowest BCUT2D eigenvalue weighted by atomic mass is 10.2. The van der Waals surface area contributed by atoms with Crippen LogP contribution in [0.1, 0.15) is 11.1 Å². The Morgan fingerprint density at radius 1 is 1.00 bits per heavy atom. The number of aliphatic imine (C=N–C) groups is 1. The predicted octanol–water partition coefficient (Wildman–Crippen LogP) is 3.17. The minimum Gasteiger partial charge on any atom is -0.497 e. The summed E-state index contributed by atoms with van der Waals surface area (Å²) in [7, 11) is 4.75. The molecule has 0 fully saturated rings. The molecule has 0 saturated carbocycles. The van der Waals surface area contributed by atoms with Crippen LogP contribution in [0.4, 0.5) is 8.78 Å². The van der Waals surface area contributed by atoms with Gasteiger partial charge in [0.05, 0.1) is 14.2 Å². The molecule has 0 aromatic heterocycles. The second kappa shape index (κ2) is 10.2. The molecule has 2 rings (SSSR count). The zero-order valence-electron chi connectivity index (χ0n) is 15.5. The van der Waals surface area contributed by atoms with E-state index in [4.69, 9.17) is 9.47 Å². The van der Waals surface area contributed by atoms with Gasteiger partial charge in [0.15, 0.2) is 5.96 Å². The first-order valence-corrected chi connectivity index (χ1v) is 8.25. The van der Waals surface area contributed by atoms with E-state index in [0.29, 0.717) is 23.8 Å². The van der Waals surface area contributed by atoms with Crippen LogP contribution in [0.5, 0.6) is 17.2 Å². The highest BCUT2D eigenvalue weighted by Crippen LogP contribution is 2.25. The van der Waals surface area contributed by atoms with Crippen molar-refractivity contribution >= 4 is 5.96 Å². The number of nitrogens with one attached hydrogen (secondary N) is 2. The smallest absolute Gasteiger partial charge is 0.387 e. The van der Waals surface area contributed by atoms with Gasteiger partial charge in [0, 0.05) is 25.7 Å². The summed E-state index contributed by atoms with van der Waals surface area (Å²) in [6.07, 6.45) is 0. The Hall–Kier alpha value is -3.03. The van der Waals surface area contributed by atoms with Crippen molar-refractivity contribution in [3.8, 4) is 17.2 Å². The fourth-order valence-corrected chi connectivity index (χ4v) is 2.40.